The first-order valence-corrected chi connectivity index (χ1v) is 6.50. The molecule has 3 rings (SSSR count). The molecule has 2 fully saturated rings. The Morgan fingerprint density at radius 2 is 1.94 bits per heavy atom. The quantitative estimate of drug-likeness (QED) is 0.822. The molecular formula is C14H20N2O. The summed E-state index contributed by atoms with van der Waals surface area (Å²) in [4.78, 5) is 2.54. The van der Waals surface area contributed by atoms with Crippen LogP contribution < -0.4 is 5.32 Å². The van der Waals surface area contributed by atoms with Crippen molar-refractivity contribution in [3.05, 3.63) is 24.3 Å². The fourth-order valence-corrected chi connectivity index (χ4v) is 3.36. The van der Waals surface area contributed by atoms with Gasteiger partial charge in [-0.2, -0.15) is 0 Å². The first kappa shape index (κ1) is 10.9. The third-order valence-corrected chi connectivity index (χ3v) is 4.32. The van der Waals surface area contributed by atoms with E-state index >= 15 is 0 Å². The average Bonchev–Trinajstić information content (AvgIpc) is 2.52. The van der Waals surface area contributed by atoms with Gasteiger partial charge in [0.25, 0.3) is 0 Å². The van der Waals surface area contributed by atoms with E-state index in [0.29, 0.717) is 11.8 Å². The molecule has 0 aliphatic carbocycles. The summed E-state index contributed by atoms with van der Waals surface area (Å²) in [7, 11) is 2.26. The van der Waals surface area contributed by atoms with Crippen LogP contribution in [0.25, 0.3) is 0 Å². The molecule has 17 heavy (non-hydrogen) atoms. The summed E-state index contributed by atoms with van der Waals surface area (Å²) in [6, 6.07) is 9.50. The minimum atomic E-state index is 0.339. The number of hydrogen-bond acceptors (Lipinski definition) is 3. The molecule has 2 unspecified atom stereocenters. The summed E-state index contributed by atoms with van der Waals surface area (Å²) in [5, 5.41) is 13.0. The van der Waals surface area contributed by atoms with Gasteiger partial charge in [-0.25, -0.2) is 0 Å². The fraction of sp³-hybridized carbons (Fsp3) is 0.571. The van der Waals surface area contributed by atoms with Crippen molar-refractivity contribution >= 4 is 5.69 Å². The lowest BCUT2D eigenvalue weighted by Gasteiger charge is -2.37. The van der Waals surface area contributed by atoms with Crippen LogP contribution in [0.15, 0.2) is 24.3 Å². The van der Waals surface area contributed by atoms with Crippen LogP contribution in [0.1, 0.15) is 25.7 Å². The number of fused-ring (bicyclic) bond motifs is 2. The van der Waals surface area contributed by atoms with E-state index in [4.69, 9.17) is 0 Å². The molecule has 2 N–H and O–H groups in total. The highest BCUT2D eigenvalue weighted by atomic mass is 16.3. The van der Waals surface area contributed by atoms with E-state index in [0.717, 1.165) is 17.8 Å². The Hall–Kier alpha value is -1.22. The van der Waals surface area contributed by atoms with Gasteiger partial charge in [-0.05, 0) is 44.9 Å². The van der Waals surface area contributed by atoms with Crippen molar-refractivity contribution < 1.29 is 5.11 Å². The number of hydrogen-bond donors (Lipinski definition) is 2. The second-order valence-electron chi connectivity index (χ2n) is 5.41. The number of rotatable bonds is 2. The molecule has 0 saturated carbocycles. The van der Waals surface area contributed by atoms with Crippen LogP contribution >= 0.6 is 0 Å². The van der Waals surface area contributed by atoms with Gasteiger partial charge in [-0.3, -0.25) is 0 Å². The van der Waals surface area contributed by atoms with Gasteiger partial charge in [0.05, 0.1) is 0 Å². The first-order valence-electron chi connectivity index (χ1n) is 6.50. The van der Waals surface area contributed by atoms with E-state index < -0.39 is 0 Å². The summed E-state index contributed by atoms with van der Waals surface area (Å²) in [5.41, 5.74) is 1.04. The monoisotopic (exact) mass is 232 g/mol. The Bertz CT molecular complexity index is 393. The summed E-state index contributed by atoms with van der Waals surface area (Å²) in [6.07, 6.45) is 5.14. The van der Waals surface area contributed by atoms with Crippen molar-refractivity contribution in [1.82, 2.24) is 4.90 Å². The van der Waals surface area contributed by atoms with Crippen LogP contribution in [0.3, 0.4) is 0 Å². The zero-order valence-electron chi connectivity index (χ0n) is 10.3. The van der Waals surface area contributed by atoms with Crippen LogP contribution in [0, 0.1) is 0 Å². The zero-order chi connectivity index (χ0) is 11.8. The summed E-state index contributed by atoms with van der Waals surface area (Å²) < 4.78 is 0. The molecule has 2 aliphatic rings. The van der Waals surface area contributed by atoms with E-state index in [1.165, 1.54) is 25.7 Å². The molecule has 2 bridgehead atoms. The lowest BCUT2D eigenvalue weighted by Crippen LogP contribution is -2.44. The number of aromatic hydroxyl groups is 1. The van der Waals surface area contributed by atoms with Crippen molar-refractivity contribution in [1.29, 1.82) is 0 Å². The van der Waals surface area contributed by atoms with E-state index in [1.54, 1.807) is 12.1 Å². The molecule has 3 heteroatoms. The maximum atomic E-state index is 9.45. The van der Waals surface area contributed by atoms with Gasteiger partial charge < -0.3 is 15.3 Å². The number of nitrogens with one attached hydrogen (secondary N) is 1. The largest absolute Gasteiger partial charge is 0.508 e. The Kier molecular flexibility index (Phi) is 2.71. The smallest absolute Gasteiger partial charge is 0.117 e. The highest BCUT2D eigenvalue weighted by Crippen LogP contribution is 2.35. The van der Waals surface area contributed by atoms with E-state index in [-0.39, 0.29) is 0 Å². The standard InChI is InChI=1S/C14H20N2O/c1-16-12-5-6-13(16)8-11(7-12)15-10-3-2-4-14(17)9-10/h2-4,9,11-13,15,17H,5-8H2,1H3. The predicted octanol–water partition coefficient (Wildman–Crippen LogP) is 2.43. The average molecular weight is 232 g/mol. The highest BCUT2D eigenvalue weighted by molar-refractivity contribution is 5.48. The van der Waals surface area contributed by atoms with Crippen LogP contribution in [0.4, 0.5) is 5.69 Å². The molecular weight excluding hydrogens is 212 g/mol. The van der Waals surface area contributed by atoms with E-state index in [1.807, 2.05) is 12.1 Å². The van der Waals surface area contributed by atoms with Crippen molar-refractivity contribution in [2.75, 3.05) is 12.4 Å². The second-order valence-corrected chi connectivity index (χ2v) is 5.41. The molecule has 2 aliphatic heterocycles. The molecule has 1 aromatic rings. The number of anilines is 1. The molecule has 0 amide bonds. The van der Waals surface area contributed by atoms with Gasteiger partial charge in [0.1, 0.15) is 5.75 Å². The number of piperidine rings is 1. The van der Waals surface area contributed by atoms with Crippen molar-refractivity contribution in [3.63, 3.8) is 0 Å². The Morgan fingerprint density at radius 3 is 2.59 bits per heavy atom. The number of nitrogens with zero attached hydrogens (tertiary/aromatic N) is 1. The van der Waals surface area contributed by atoms with Gasteiger partial charge in [0.2, 0.25) is 0 Å². The minimum Gasteiger partial charge on any atom is -0.508 e. The maximum Gasteiger partial charge on any atom is 0.117 e. The molecule has 92 valence electrons. The van der Waals surface area contributed by atoms with Crippen LogP contribution in [0.2, 0.25) is 0 Å². The molecule has 1 aromatic carbocycles. The zero-order valence-corrected chi connectivity index (χ0v) is 10.3. The summed E-state index contributed by atoms with van der Waals surface area (Å²) in [5.74, 6) is 0.339. The molecule has 3 nitrogen and oxygen atoms in total. The number of benzene rings is 1. The Morgan fingerprint density at radius 1 is 1.24 bits per heavy atom. The van der Waals surface area contributed by atoms with E-state index in [9.17, 15) is 5.11 Å². The number of phenols is 1. The second kappa shape index (κ2) is 4.22. The van der Waals surface area contributed by atoms with Crippen LogP contribution in [-0.4, -0.2) is 35.2 Å². The molecule has 2 atom stereocenters. The maximum absolute atomic E-state index is 9.45. The number of phenolic OH excluding ortho intramolecular Hbond substituents is 1. The van der Waals surface area contributed by atoms with Crippen LogP contribution in [-0.2, 0) is 0 Å². The molecule has 2 saturated heterocycles. The fourth-order valence-electron chi connectivity index (χ4n) is 3.36. The minimum absolute atomic E-state index is 0.339. The lowest BCUT2D eigenvalue weighted by atomic mass is 9.98. The van der Waals surface area contributed by atoms with Gasteiger partial charge in [-0.15, -0.1) is 0 Å². The van der Waals surface area contributed by atoms with Gasteiger partial charge in [0.15, 0.2) is 0 Å². The van der Waals surface area contributed by atoms with Crippen molar-refractivity contribution in [2.45, 2.75) is 43.8 Å². The lowest BCUT2D eigenvalue weighted by molar-refractivity contribution is 0.169. The van der Waals surface area contributed by atoms with Crippen molar-refractivity contribution in [2.24, 2.45) is 0 Å². The predicted molar refractivity (Wildman–Crippen MR) is 69.3 cm³/mol. The van der Waals surface area contributed by atoms with E-state index in [2.05, 4.69) is 17.3 Å². The molecule has 0 spiro atoms. The van der Waals surface area contributed by atoms with Gasteiger partial charge >= 0.3 is 0 Å². The molecule has 2 heterocycles. The first-order chi connectivity index (χ1) is 8.22. The topological polar surface area (TPSA) is 35.5 Å². The van der Waals surface area contributed by atoms with Crippen molar-refractivity contribution in [3.8, 4) is 5.75 Å². The molecule has 0 aromatic heterocycles. The third-order valence-electron chi connectivity index (χ3n) is 4.32. The third kappa shape index (κ3) is 2.12. The van der Waals surface area contributed by atoms with Crippen LogP contribution in [0.5, 0.6) is 5.75 Å². The SMILES string of the molecule is CN1C2CCC1CC(Nc1cccc(O)c1)C2. The Labute approximate surface area is 102 Å². The van der Waals surface area contributed by atoms with Gasteiger partial charge in [-0.1, -0.05) is 6.07 Å². The molecule has 0 radical (unpaired) electrons. The summed E-state index contributed by atoms with van der Waals surface area (Å²) >= 11 is 0. The Balaban J connectivity index is 1.67. The van der Waals surface area contributed by atoms with Gasteiger partial charge in [0, 0.05) is 29.9 Å². The highest BCUT2D eigenvalue weighted by Gasteiger charge is 2.38. The summed E-state index contributed by atoms with van der Waals surface area (Å²) in [6.45, 7) is 0. The normalized spacial score (nSPS) is 32.6.